The van der Waals surface area contributed by atoms with E-state index in [-0.39, 0.29) is 12.0 Å². The third-order valence-electron chi connectivity index (χ3n) is 5.15. The maximum Gasteiger partial charge on any atom is 0.256 e. The van der Waals surface area contributed by atoms with E-state index in [0.29, 0.717) is 12.5 Å². The van der Waals surface area contributed by atoms with Crippen LogP contribution < -0.4 is 0 Å². The highest BCUT2D eigenvalue weighted by molar-refractivity contribution is 5.82. The molecule has 2 aliphatic rings. The van der Waals surface area contributed by atoms with Crippen molar-refractivity contribution in [3.8, 4) is 0 Å². The van der Waals surface area contributed by atoms with Crippen molar-refractivity contribution in [3.63, 3.8) is 0 Å². The molecule has 4 nitrogen and oxygen atoms in total. The Kier molecular flexibility index (Phi) is 6.27. The van der Waals surface area contributed by atoms with Gasteiger partial charge in [-0.25, -0.2) is 0 Å². The maximum atomic E-state index is 13.2. The maximum absolute atomic E-state index is 13.2. The lowest BCUT2D eigenvalue weighted by molar-refractivity contribution is -0.148. The molecule has 0 unspecified atom stereocenters. The van der Waals surface area contributed by atoms with Crippen molar-refractivity contribution in [2.45, 2.75) is 51.2 Å². The molecule has 2 fully saturated rings. The van der Waals surface area contributed by atoms with Crippen molar-refractivity contribution in [2.75, 3.05) is 26.3 Å². The zero-order valence-electron chi connectivity index (χ0n) is 14.7. The van der Waals surface area contributed by atoms with E-state index >= 15 is 0 Å². The summed E-state index contributed by atoms with van der Waals surface area (Å²) in [6, 6.07) is 9.95. The van der Waals surface area contributed by atoms with Gasteiger partial charge in [0.1, 0.15) is 0 Å². The summed E-state index contributed by atoms with van der Waals surface area (Å²) in [7, 11) is 0. The fraction of sp³-hybridized carbons (Fsp3) is 0.650. The van der Waals surface area contributed by atoms with Gasteiger partial charge in [-0.15, -0.1) is 0 Å². The third-order valence-corrected chi connectivity index (χ3v) is 5.15. The van der Waals surface area contributed by atoms with E-state index < -0.39 is 6.10 Å². The summed E-state index contributed by atoms with van der Waals surface area (Å²) in [5.74, 6) is 0.555. The Hall–Kier alpha value is -1.39. The van der Waals surface area contributed by atoms with Crippen LogP contribution in [0.3, 0.4) is 0 Å². The molecule has 1 aromatic carbocycles. The minimum Gasteiger partial charge on any atom is -0.381 e. The zero-order valence-corrected chi connectivity index (χ0v) is 14.7. The van der Waals surface area contributed by atoms with Gasteiger partial charge in [0.25, 0.3) is 5.91 Å². The number of amides is 1. The highest BCUT2D eigenvalue weighted by Crippen LogP contribution is 2.29. The molecular weight excluding hydrogens is 302 g/mol. The molecule has 0 aromatic heterocycles. The molecule has 1 aliphatic heterocycles. The van der Waals surface area contributed by atoms with Gasteiger partial charge < -0.3 is 14.4 Å². The predicted octanol–water partition coefficient (Wildman–Crippen LogP) is 3.57. The number of nitrogens with zero attached hydrogens (tertiary/aromatic N) is 1. The number of likely N-dealkylation sites (N-methyl/N-ethyl adjacent to an activating group) is 1. The molecule has 4 heteroatoms. The van der Waals surface area contributed by atoms with Crippen LogP contribution in [0.15, 0.2) is 30.3 Å². The molecule has 24 heavy (non-hydrogen) atoms. The summed E-state index contributed by atoms with van der Waals surface area (Å²) in [5, 5.41) is 0. The molecule has 0 bridgehead atoms. The van der Waals surface area contributed by atoms with Crippen molar-refractivity contribution in [2.24, 2.45) is 5.92 Å². The Morgan fingerprint density at radius 3 is 2.62 bits per heavy atom. The Balaban J connectivity index is 1.73. The standard InChI is InChI=1S/C20H29NO3/c1-2-21(14-16-12-13-23-15-16)20(22)19(17-8-4-3-5-9-17)24-18-10-6-7-11-18/h3-5,8-9,16,18-19H,2,6-7,10-15H2,1H3/t16-,19+/m0/s1. The van der Waals surface area contributed by atoms with Crippen LogP contribution >= 0.6 is 0 Å². The summed E-state index contributed by atoms with van der Waals surface area (Å²) in [6.45, 7) is 5.12. The molecule has 1 saturated carbocycles. The number of carbonyl (C=O) groups excluding carboxylic acids is 1. The monoisotopic (exact) mass is 331 g/mol. The molecule has 0 spiro atoms. The lowest BCUT2D eigenvalue weighted by Gasteiger charge is -2.30. The molecule has 132 valence electrons. The second kappa shape index (κ2) is 8.63. The smallest absolute Gasteiger partial charge is 0.256 e. The van der Waals surface area contributed by atoms with Crippen molar-refractivity contribution < 1.29 is 14.3 Å². The molecule has 1 aliphatic carbocycles. The minimum atomic E-state index is -0.475. The molecule has 1 heterocycles. The Labute approximate surface area is 145 Å². The van der Waals surface area contributed by atoms with Gasteiger partial charge in [0.2, 0.25) is 0 Å². The SMILES string of the molecule is CCN(C[C@@H]1CCOC1)C(=O)[C@H](OC1CCCC1)c1ccccc1. The lowest BCUT2D eigenvalue weighted by Crippen LogP contribution is -2.40. The van der Waals surface area contributed by atoms with Crippen LogP contribution in [0, 0.1) is 5.92 Å². The van der Waals surface area contributed by atoms with Gasteiger partial charge in [-0.1, -0.05) is 43.2 Å². The topological polar surface area (TPSA) is 38.8 Å². The third kappa shape index (κ3) is 4.37. The molecular formula is C20H29NO3. The van der Waals surface area contributed by atoms with Crippen molar-refractivity contribution in [1.82, 2.24) is 4.90 Å². The average Bonchev–Trinajstić information content (AvgIpc) is 3.31. The van der Waals surface area contributed by atoms with Crippen LogP contribution in [0.5, 0.6) is 0 Å². The second-order valence-corrected chi connectivity index (χ2v) is 6.94. The molecule has 0 N–H and O–H groups in total. The minimum absolute atomic E-state index is 0.0995. The van der Waals surface area contributed by atoms with Crippen molar-refractivity contribution in [3.05, 3.63) is 35.9 Å². The Bertz CT molecular complexity index is 507. The number of carbonyl (C=O) groups is 1. The van der Waals surface area contributed by atoms with Crippen LogP contribution in [-0.4, -0.2) is 43.2 Å². The fourth-order valence-corrected chi connectivity index (χ4v) is 3.70. The first-order valence-corrected chi connectivity index (χ1v) is 9.35. The first kappa shape index (κ1) is 17.4. The van der Waals surface area contributed by atoms with Crippen molar-refractivity contribution in [1.29, 1.82) is 0 Å². The first-order chi connectivity index (χ1) is 11.8. The first-order valence-electron chi connectivity index (χ1n) is 9.35. The van der Waals surface area contributed by atoms with Crippen LogP contribution in [0.4, 0.5) is 0 Å². The van der Waals surface area contributed by atoms with E-state index in [2.05, 4.69) is 0 Å². The highest BCUT2D eigenvalue weighted by atomic mass is 16.5. The van der Waals surface area contributed by atoms with Gasteiger partial charge in [-0.05, 0) is 31.7 Å². The van der Waals surface area contributed by atoms with E-state index in [0.717, 1.165) is 44.6 Å². The second-order valence-electron chi connectivity index (χ2n) is 6.94. The quantitative estimate of drug-likeness (QED) is 0.767. The molecule has 1 saturated heterocycles. The van der Waals surface area contributed by atoms with E-state index in [1.807, 2.05) is 42.2 Å². The number of hydrogen-bond donors (Lipinski definition) is 0. The van der Waals surface area contributed by atoms with Crippen LogP contribution in [0.2, 0.25) is 0 Å². The molecule has 0 radical (unpaired) electrons. The highest BCUT2D eigenvalue weighted by Gasteiger charge is 2.31. The van der Waals surface area contributed by atoms with E-state index in [9.17, 15) is 4.79 Å². The van der Waals surface area contributed by atoms with Crippen LogP contribution in [0.1, 0.15) is 50.7 Å². The van der Waals surface area contributed by atoms with Gasteiger partial charge in [-0.3, -0.25) is 4.79 Å². The zero-order chi connectivity index (χ0) is 16.8. The predicted molar refractivity (Wildman–Crippen MR) is 93.7 cm³/mol. The number of ether oxygens (including phenoxy) is 2. The molecule has 2 atom stereocenters. The van der Waals surface area contributed by atoms with Gasteiger partial charge >= 0.3 is 0 Å². The number of rotatable bonds is 7. The summed E-state index contributed by atoms with van der Waals surface area (Å²) >= 11 is 0. The Morgan fingerprint density at radius 2 is 2.00 bits per heavy atom. The van der Waals surface area contributed by atoms with E-state index in [4.69, 9.17) is 9.47 Å². The molecule has 1 amide bonds. The van der Waals surface area contributed by atoms with Crippen LogP contribution in [-0.2, 0) is 14.3 Å². The fourth-order valence-electron chi connectivity index (χ4n) is 3.70. The average molecular weight is 331 g/mol. The summed E-state index contributed by atoms with van der Waals surface area (Å²) < 4.78 is 11.7. The van der Waals surface area contributed by atoms with E-state index in [1.165, 1.54) is 12.8 Å². The van der Waals surface area contributed by atoms with Gasteiger partial charge in [0, 0.05) is 25.6 Å². The molecule has 3 rings (SSSR count). The molecule has 1 aromatic rings. The van der Waals surface area contributed by atoms with Gasteiger partial charge in [-0.2, -0.15) is 0 Å². The van der Waals surface area contributed by atoms with Gasteiger partial charge in [0.15, 0.2) is 6.10 Å². The van der Waals surface area contributed by atoms with E-state index in [1.54, 1.807) is 0 Å². The number of benzene rings is 1. The summed E-state index contributed by atoms with van der Waals surface area (Å²) in [6.07, 6.45) is 5.33. The summed E-state index contributed by atoms with van der Waals surface area (Å²) in [5.41, 5.74) is 0.968. The van der Waals surface area contributed by atoms with Gasteiger partial charge in [0.05, 0.1) is 12.7 Å². The summed E-state index contributed by atoms with van der Waals surface area (Å²) in [4.78, 5) is 15.2. The largest absolute Gasteiger partial charge is 0.381 e. The van der Waals surface area contributed by atoms with Crippen LogP contribution in [0.25, 0.3) is 0 Å². The number of hydrogen-bond acceptors (Lipinski definition) is 3. The Morgan fingerprint density at radius 1 is 1.25 bits per heavy atom. The lowest BCUT2D eigenvalue weighted by atomic mass is 10.1. The normalized spacial score (nSPS) is 22.6. The van der Waals surface area contributed by atoms with Crippen molar-refractivity contribution >= 4 is 5.91 Å².